The fraction of sp³-hybridized carbons (Fsp3) is 0.500. The molecule has 1 aliphatic heterocycles. The number of morpholine rings is 1. The average molecular weight is 460 g/mol. The molecule has 1 aromatic carbocycles. The summed E-state index contributed by atoms with van der Waals surface area (Å²) in [5.74, 6) is 0. The van der Waals surface area contributed by atoms with Gasteiger partial charge < -0.3 is 14.2 Å². The number of hydrogen-bond donors (Lipinski definition) is 0. The van der Waals surface area contributed by atoms with Crippen LogP contribution in [0.5, 0.6) is 0 Å². The average Bonchev–Trinajstić information content (AvgIpc) is 3.48. The standard InChI is InChI=1S/C24H28F3N5O/c1-2-32(21-6-4-19(15-28)22(14-21)24(25,26)27)20-5-3-18(13-20)23-16-29-17-31(23)8-7-30-9-11-33-12-10-30/h3-4,6,14,16-17,20H,2,5,7-13H2,1H3. The van der Waals surface area contributed by atoms with Gasteiger partial charge >= 0.3 is 6.18 Å². The van der Waals surface area contributed by atoms with Crippen molar-refractivity contribution in [1.29, 1.82) is 5.26 Å². The maximum atomic E-state index is 13.5. The zero-order valence-electron chi connectivity index (χ0n) is 18.7. The monoisotopic (exact) mass is 459 g/mol. The molecule has 4 rings (SSSR count). The summed E-state index contributed by atoms with van der Waals surface area (Å²) in [5.41, 5.74) is 1.49. The highest BCUT2D eigenvalue weighted by molar-refractivity contribution is 5.67. The highest BCUT2D eigenvalue weighted by atomic mass is 19.4. The smallest absolute Gasteiger partial charge is 0.379 e. The number of anilines is 1. The van der Waals surface area contributed by atoms with Crippen molar-refractivity contribution in [3.63, 3.8) is 0 Å². The number of rotatable bonds is 7. The van der Waals surface area contributed by atoms with Gasteiger partial charge in [0.1, 0.15) is 0 Å². The van der Waals surface area contributed by atoms with Crippen molar-refractivity contribution < 1.29 is 17.9 Å². The SMILES string of the molecule is CCN(c1ccc(C#N)c(C(F)(F)F)c1)C1CC=C(c2cncn2CCN2CCOCC2)C1. The Labute approximate surface area is 191 Å². The van der Waals surface area contributed by atoms with E-state index < -0.39 is 11.7 Å². The van der Waals surface area contributed by atoms with Crippen LogP contribution in [0.25, 0.3) is 5.57 Å². The van der Waals surface area contributed by atoms with E-state index in [9.17, 15) is 13.2 Å². The number of nitriles is 1. The Balaban J connectivity index is 1.46. The third-order valence-electron chi connectivity index (χ3n) is 6.44. The lowest BCUT2D eigenvalue weighted by Crippen LogP contribution is -2.38. The Bertz CT molecular complexity index is 1030. The molecule has 1 atom stereocenters. The van der Waals surface area contributed by atoms with Crippen molar-refractivity contribution in [3.05, 3.63) is 53.6 Å². The first-order chi connectivity index (χ1) is 15.9. The van der Waals surface area contributed by atoms with Crippen LogP contribution in [-0.2, 0) is 17.5 Å². The van der Waals surface area contributed by atoms with E-state index in [1.807, 2.05) is 24.3 Å². The zero-order valence-corrected chi connectivity index (χ0v) is 18.7. The van der Waals surface area contributed by atoms with Crippen LogP contribution in [0, 0.1) is 11.3 Å². The first-order valence-corrected chi connectivity index (χ1v) is 11.3. The van der Waals surface area contributed by atoms with Crippen molar-refractivity contribution in [2.75, 3.05) is 44.3 Å². The van der Waals surface area contributed by atoms with Gasteiger partial charge in [0.15, 0.2) is 0 Å². The van der Waals surface area contributed by atoms with E-state index in [0.29, 0.717) is 12.2 Å². The van der Waals surface area contributed by atoms with Crippen molar-refractivity contribution in [2.24, 2.45) is 0 Å². The van der Waals surface area contributed by atoms with Gasteiger partial charge in [-0.25, -0.2) is 4.98 Å². The van der Waals surface area contributed by atoms with Gasteiger partial charge in [-0.05, 0) is 43.5 Å². The quantitative estimate of drug-likeness (QED) is 0.622. The van der Waals surface area contributed by atoms with Crippen LogP contribution < -0.4 is 4.90 Å². The Morgan fingerprint density at radius 1 is 1.24 bits per heavy atom. The molecule has 1 fully saturated rings. The van der Waals surface area contributed by atoms with Gasteiger partial charge in [0.2, 0.25) is 0 Å². The second kappa shape index (κ2) is 9.98. The topological polar surface area (TPSA) is 57.3 Å². The zero-order chi connectivity index (χ0) is 23.4. The molecule has 2 aromatic rings. The predicted molar refractivity (Wildman–Crippen MR) is 120 cm³/mol. The van der Waals surface area contributed by atoms with Crippen LogP contribution in [0.1, 0.15) is 36.6 Å². The van der Waals surface area contributed by atoms with E-state index in [-0.39, 0.29) is 11.6 Å². The maximum Gasteiger partial charge on any atom is 0.417 e. The molecule has 0 spiro atoms. The summed E-state index contributed by atoms with van der Waals surface area (Å²) in [5, 5.41) is 9.08. The molecule has 1 unspecified atom stereocenters. The Hall–Kier alpha value is -2.83. The van der Waals surface area contributed by atoms with Crippen molar-refractivity contribution in [3.8, 4) is 6.07 Å². The van der Waals surface area contributed by atoms with Gasteiger partial charge in [0.25, 0.3) is 0 Å². The van der Waals surface area contributed by atoms with E-state index in [2.05, 4.69) is 20.5 Å². The van der Waals surface area contributed by atoms with E-state index in [1.54, 1.807) is 12.1 Å². The summed E-state index contributed by atoms with van der Waals surface area (Å²) in [4.78, 5) is 8.72. The molecule has 6 nitrogen and oxygen atoms in total. The van der Waals surface area contributed by atoms with Crippen LogP contribution in [0.4, 0.5) is 18.9 Å². The van der Waals surface area contributed by atoms with Crippen LogP contribution in [-0.4, -0.2) is 59.9 Å². The molecule has 33 heavy (non-hydrogen) atoms. The molecular weight excluding hydrogens is 431 g/mol. The number of benzene rings is 1. The summed E-state index contributed by atoms with van der Waals surface area (Å²) in [6.45, 7) is 7.68. The number of ether oxygens (including phenoxy) is 1. The molecule has 0 bridgehead atoms. The summed E-state index contributed by atoms with van der Waals surface area (Å²) in [6, 6.07) is 5.70. The lowest BCUT2D eigenvalue weighted by atomic mass is 10.0. The highest BCUT2D eigenvalue weighted by Crippen LogP contribution is 2.37. The minimum absolute atomic E-state index is 0.0570. The fourth-order valence-electron chi connectivity index (χ4n) is 4.68. The molecule has 0 amide bonds. The molecule has 2 heterocycles. The van der Waals surface area contributed by atoms with Crippen molar-refractivity contribution in [1.82, 2.24) is 14.5 Å². The lowest BCUT2D eigenvalue weighted by molar-refractivity contribution is -0.137. The largest absolute Gasteiger partial charge is 0.417 e. The summed E-state index contributed by atoms with van der Waals surface area (Å²) < 4.78 is 47.9. The molecule has 176 valence electrons. The third-order valence-corrected chi connectivity index (χ3v) is 6.44. The van der Waals surface area contributed by atoms with Gasteiger partial charge in [0.05, 0.1) is 48.6 Å². The van der Waals surface area contributed by atoms with Gasteiger partial charge in [-0.1, -0.05) is 6.08 Å². The van der Waals surface area contributed by atoms with Crippen molar-refractivity contribution >= 4 is 11.3 Å². The number of nitrogens with zero attached hydrogens (tertiary/aromatic N) is 5. The molecule has 2 aliphatic rings. The summed E-state index contributed by atoms with van der Waals surface area (Å²) in [6.07, 6.45) is 2.80. The number of hydrogen-bond acceptors (Lipinski definition) is 5. The van der Waals surface area contributed by atoms with Gasteiger partial charge in [-0.3, -0.25) is 4.90 Å². The van der Waals surface area contributed by atoms with Crippen LogP contribution in [0.2, 0.25) is 0 Å². The van der Waals surface area contributed by atoms with Gasteiger partial charge in [0, 0.05) is 44.5 Å². The Morgan fingerprint density at radius 2 is 2.03 bits per heavy atom. The van der Waals surface area contributed by atoms with Crippen molar-refractivity contribution in [2.45, 2.75) is 38.5 Å². The normalized spacial score (nSPS) is 19.4. The summed E-state index contributed by atoms with van der Waals surface area (Å²) >= 11 is 0. The molecule has 1 aliphatic carbocycles. The van der Waals surface area contributed by atoms with E-state index in [4.69, 9.17) is 10.00 Å². The number of alkyl halides is 3. The van der Waals surface area contributed by atoms with Gasteiger partial charge in [-0.15, -0.1) is 0 Å². The van der Waals surface area contributed by atoms with E-state index in [1.165, 1.54) is 11.6 Å². The van der Waals surface area contributed by atoms with E-state index in [0.717, 1.165) is 64.0 Å². The predicted octanol–water partition coefficient (Wildman–Crippen LogP) is 4.18. The highest BCUT2D eigenvalue weighted by Gasteiger charge is 2.35. The van der Waals surface area contributed by atoms with Crippen LogP contribution >= 0.6 is 0 Å². The lowest BCUT2D eigenvalue weighted by Gasteiger charge is -2.31. The Morgan fingerprint density at radius 3 is 2.73 bits per heavy atom. The molecule has 0 N–H and O–H groups in total. The van der Waals surface area contributed by atoms with E-state index >= 15 is 0 Å². The number of imidazole rings is 1. The fourth-order valence-corrected chi connectivity index (χ4v) is 4.68. The molecule has 1 aromatic heterocycles. The Kier molecular flexibility index (Phi) is 7.05. The molecular formula is C24H28F3N5O. The third kappa shape index (κ3) is 5.23. The maximum absolute atomic E-state index is 13.5. The molecule has 1 saturated heterocycles. The minimum atomic E-state index is -4.56. The van der Waals surface area contributed by atoms with Crippen LogP contribution in [0.3, 0.4) is 0 Å². The first-order valence-electron chi connectivity index (χ1n) is 11.3. The molecule has 0 saturated carbocycles. The second-order valence-corrected chi connectivity index (χ2v) is 8.37. The molecule has 0 radical (unpaired) electrons. The van der Waals surface area contributed by atoms with Gasteiger partial charge in [-0.2, -0.15) is 18.4 Å². The number of halogens is 3. The number of aromatic nitrogens is 2. The van der Waals surface area contributed by atoms with Crippen LogP contribution in [0.15, 0.2) is 36.8 Å². The molecule has 9 heteroatoms. The summed E-state index contributed by atoms with van der Waals surface area (Å²) in [7, 11) is 0. The minimum Gasteiger partial charge on any atom is -0.379 e. The first kappa shape index (κ1) is 23.3. The second-order valence-electron chi connectivity index (χ2n) is 8.37.